The van der Waals surface area contributed by atoms with E-state index in [1.54, 1.807) is 30.1 Å². The van der Waals surface area contributed by atoms with Gasteiger partial charge in [-0.15, -0.1) is 5.10 Å². The van der Waals surface area contributed by atoms with Crippen molar-refractivity contribution in [1.82, 2.24) is 10.0 Å². The number of amidine groups is 1. The summed E-state index contributed by atoms with van der Waals surface area (Å²) in [6.07, 6.45) is 0. The first-order valence-electron chi connectivity index (χ1n) is 11.1. The minimum Gasteiger partial charge on any atom is -0.460 e. The molecule has 0 bridgehead atoms. The number of anilines is 2. The van der Waals surface area contributed by atoms with Crippen LogP contribution < -0.4 is 10.3 Å². The Bertz CT molecular complexity index is 1280. The van der Waals surface area contributed by atoms with E-state index in [1.165, 1.54) is 5.01 Å². The molecule has 1 atom stereocenters. The van der Waals surface area contributed by atoms with Gasteiger partial charge in [-0.05, 0) is 38.1 Å². The summed E-state index contributed by atoms with van der Waals surface area (Å²) in [5.74, 6) is -2.15. The summed E-state index contributed by atoms with van der Waals surface area (Å²) < 4.78 is 5.36. The van der Waals surface area contributed by atoms with E-state index in [0.717, 1.165) is 16.8 Å². The summed E-state index contributed by atoms with van der Waals surface area (Å²) in [5.41, 5.74) is 3.74. The maximum Gasteiger partial charge on any atom is 0.377 e. The molecule has 2 heterocycles. The monoisotopic (exact) mass is 455 g/mol. The van der Waals surface area contributed by atoms with E-state index in [4.69, 9.17) is 9.84 Å². The second-order valence-electron chi connectivity index (χ2n) is 8.14. The van der Waals surface area contributed by atoms with Gasteiger partial charge in [0.2, 0.25) is 0 Å². The average molecular weight is 456 g/mol. The summed E-state index contributed by atoms with van der Waals surface area (Å²) in [6.45, 7) is 3.92. The van der Waals surface area contributed by atoms with Gasteiger partial charge in [0, 0.05) is 12.6 Å². The molecular weight excluding hydrogens is 430 g/mol. The summed E-state index contributed by atoms with van der Waals surface area (Å²) in [6, 6.07) is 24.8. The number of fused-ring (bicyclic) bond motifs is 2. The van der Waals surface area contributed by atoms with Crippen molar-refractivity contribution in [2.24, 2.45) is 5.10 Å². The van der Waals surface area contributed by atoms with Crippen molar-refractivity contribution in [3.05, 3.63) is 95.6 Å². The Labute approximate surface area is 198 Å². The van der Waals surface area contributed by atoms with Gasteiger partial charge >= 0.3 is 5.97 Å². The first-order chi connectivity index (χ1) is 16.5. The Kier molecular flexibility index (Phi) is 5.20. The number of para-hydroxylation sites is 1. The number of nitrogens with one attached hydrogen (secondary N) is 1. The predicted molar refractivity (Wildman–Crippen MR) is 130 cm³/mol. The van der Waals surface area contributed by atoms with Gasteiger partial charge in [-0.25, -0.2) is 19.8 Å². The molecule has 0 fully saturated rings. The van der Waals surface area contributed by atoms with E-state index in [2.05, 4.69) is 5.32 Å². The molecule has 2 aliphatic rings. The lowest BCUT2D eigenvalue weighted by atomic mass is 10.0. The SMILES string of the molecule is CCOC(=O)C1=NN(c2ccc(C)cc2)[C@]2(c3ccccc3)Nc3ccccc3C(=O)N(C)N12. The topological polar surface area (TPSA) is 77.5 Å². The first kappa shape index (κ1) is 21.5. The molecule has 34 heavy (non-hydrogen) atoms. The van der Waals surface area contributed by atoms with Gasteiger partial charge in [0.25, 0.3) is 17.5 Å². The number of rotatable bonds is 4. The molecule has 0 saturated heterocycles. The number of hydrazone groups is 1. The maximum atomic E-state index is 13.6. The van der Waals surface area contributed by atoms with Crippen molar-refractivity contribution < 1.29 is 14.3 Å². The van der Waals surface area contributed by atoms with Crippen molar-refractivity contribution in [2.75, 3.05) is 24.0 Å². The number of hydrogen-bond acceptors (Lipinski definition) is 7. The Morgan fingerprint density at radius 3 is 2.38 bits per heavy atom. The molecule has 0 aliphatic carbocycles. The summed E-state index contributed by atoms with van der Waals surface area (Å²) in [4.78, 5) is 26.7. The quantitative estimate of drug-likeness (QED) is 0.601. The lowest BCUT2D eigenvalue weighted by Gasteiger charge is -2.46. The molecule has 2 aliphatic heterocycles. The minimum atomic E-state index is -1.25. The molecule has 1 amide bonds. The molecule has 0 saturated carbocycles. The fourth-order valence-corrected chi connectivity index (χ4v) is 4.39. The molecule has 0 unspecified atom stereocenters. The van der Waals surface area contributed by atoms with E-state index < -0.39 is 11.8 Å². The van der Waals surface area contributed by atoms with E-state index in [9.17, 15) is 9.59 Å². The van der Waals surface area contributed by atoms with Crippen LogP contribution in [0.3, 0.4) is 0 Å². The highest BCUT2D eigenvalue weighted by atomic mass is 16.5. The summed E-state index contributed by atoms with van der Waals surface area (Å²) in [5, 5.41) is 13.1. The van der Waals surface area contributed by atoms with Crippen molar-refractivity contribution in [2.45, 2.75) is 19.6 Å². The number of nitrogens with zero attached hydrogens (tertiary/aromatic N) is 4. The standard InChI is InChI=1S/C26H25N5O3/c1-4-34-25(33)23-28-30(20-16-14-18(2)15-17-20)26(19-10-6-5-7-11-19)27-22-13-9-8-12-21(22)24(32)29(3)31(23)26/h5-17,27H,4H2,1-3H3/t26-/m0/s1. The number of carbonyl (C=O) groups excluding carboxylic acids is 2. The highest BCUT2D eigenvalue weighted by molar-refractivity contribution is 6.36. The predicted octanol–water partition coefficient (Wildman–Crippen LogP) is 3.92. The Balaban J connectivity index is 1.82. The third-order valence-electron chi connectivity index (χ3n) is 5.98. The zero-order chi connectivity index (χ0) is 23.9. The normalized spacial score (nSPS) is 19.1. The fourth-order valence-electron chi connectivity index (χ4n) is 4.39. The van der Waals surface area contributed by atoms with Gasteiger partial charge in [-0.2, -0.15) is 0 Å². The number of esters is 1. The molecule has 1 N–H and O–H groups in total. The van der Waals surface area contributed by atoms with Crippen LogP contribution in [0.4, 0.5) is 11.4 Å². The number of amides is 1. The van der Waals surface area contributed by atoms with Crippen molar-refractivity contribution >= 4 is 29.1 Å². The molecule has 0 radical (unpaired) electrons. The molecule has 0 spiro atoms. The van der Waals surface area contributed by atoms with Crippen LogP contribution in [-0.2, 0) is 15.3 Å². The van der Waals surface area contributed by atoms with Gasteiger partial charge in [-0.1, -0.05) is 60.2 Å². The lowest BCUT2D eigenvalue weighted by molar-refractivity contribution is -0.137. The Morgan fingerprint density at radius 1 is 1.00 bits per heavy atom. The van der Waals surface area contributed by atoms with Gasteiger partial charge in [0.1, 0.15) is 0 Å². The number of ether oxygens (including phenoxy) is 1. The Morgan fingerprint density at radius 2 is 1.68 bits per heavy atom. The van der Waals surface area contributed by atoms with Crippen LogP contribution >= 0.6 is 0 Å². The molecule has 8 heteroatoms. The van der Waals surface area contributed by atoms with Crippen LogP contribution in [0, 0.1) is 6.92 Å². The van der Waals surface area contributed by atoms with E-state index in [1.807, 2.05) is 79.7 Å². The van der Waals surface area contributed by atoms with Crippen molar-refractivity contribution in [1.29, 1.82) is 0 Å². The van der Waals surface area contributed by atoms with Crippen LogP contribution in [0.25, 0.3) is 0 Å². The number of hydrazine groups is 1. The smallest absolute Gasteiger partial charge is 0.377 e. The first-order valence-corrected chi connectivity index (χ1v) is 11.1. The molecule has 8 nitrogen and oxygen atoms in total. The second kappa shape index (κ2) is 8.22. The van der Waals surface area contributed by atoms with Crippen molar-refractivity contribution in [3.8, 4) is 0 Å². The molecule has 0 aromatic heterocycles. The number of hydrogen-bond donors (Lipinski definition) is 1. The second-order valence-corrected chi connectivity index (χ2v) is 8.14. The molecule has 3 aromatic rings. The number of benzene rings is 3. The van der Waals surface area contributed by atoms with Crippen LogP contribution in [0.15, 0.2) is 84.0 Å². The fraction of sp³-hybridized carbons (Fsp3) is 0.192. The van der Waals surface area contributed by atoms with Crippen LogP contribution in [0.1, 0.15) is 28.4 Å². The van der Waals surface area contributed by atoms with Crippen LogP contribution in [0.2, 0.25) is 0 Å². The third-order valence-corrected chi connectivity index (χ3v) is 5.98. The van der Waals surface area contributed by atoms with Gasteiger partial charge < -0.3 is 10.1 Å². The van der Waals surface area contributed by atoms with E-state index >= 15 is 0 Å². The lowest BCUT2D eigenvalue weighted by Crippen LogP contribution is -2.63. The summed E-state index contributed by atoms with van der Waals surface area (Å²) >= 11 is 0. The summed E-state index contributed by atoms with van der Waals surface area (Å²) in [7, 11) is 1.64. The highest BCUT2D eigenvalue weighted by Crippen LogP contribution is 2.45. The Hall–Kier alpha value is -4.33. The van der Waals surface area contributed by atoms with Gasteiger partial charge in [0.05, 0.1) is 23.5 Å². The number of aryl methyl sites for hydroxylation is 1. The average Bonchev–Trinajstić information content (AvgIpc) is 3.16. The van der Waals surface area contributed by atoms with Crippen LogP contribution in [0.5, 0.6) is 0 Å². The van der Waals surface area contributed by atoms with E-state index in [0.29, 0.717) is 11.3 Å². The van der Waals surface area contributed by atoms with E-state index in [-0.39, 0.29) is 18.3 Å². The molecule has 172 valence electrons. The number of carbonyl (C=O) groups is 2. The molecular formula is C26H25N5O3. The zero-order valence-electron chi connectivity index (χ0n) is 19.2. The van der Waals surface area contributed by atoms with Gasteiger partial charge in [-0.3, -0.25) is 4.79 Å². The molecule has 5 rings (SSSR count). The van der Waals surface area contributed by atoms with Crippen molar-refractivity contribution in [3.63, 3.8) is 0 Å². The zero-order valence-corrected chi connectivity index (χ0v) is 19.2. The molecule has 3 aromatic carbocycles. The maximum absolute atomic E-state index is 13.6. The highest BCUT2D eigenvalue weighted by Gasteiger charge is 2.58. The largest absolute Gasteiger partial charge is 0.460 e. The minimum absolute atomic E-state index is 0.00225. The van der Waals surface area contributed by atoms with Gasteiger partial charge in [0.15, 0.2) is 0 Å². The third kappa shape index (κ3) is 3.18. The van der Waals surface area contributed by atoms with Crippen LogP contribution in [-0.4, -0.2) is 41.4 Å².